The molecule has 0 saturated heterocycles. The minimum Gasteiger partial charge on any atom is -0.348 e. The van der Waals surface area contributed by atoms with Crippen LogP contribution in [0.3, 0.4) is 0 Å². The SMILES string of the molecule is Cc1cn[nH]c1Cc1cnc[nH]1. The molecule has 4 heteroatoms. The van der Waals surface area contributed by atoms with Crippen molar-refractivity contribution in [3.8, 4) is 0 Å². The Bertz CT molecular complexity index is 347. The summed E-state index contributed by atoms with van der Waals surface area (Å²) in [5.41, 5.74) is 3.42. The van der Waals surface area contributed by atoms with Crippen LogP contribution in [-0.2, 0) is 6.42 Å². The maximum Gasteiger partial charge on any atom is 0.0921 e. The van der Waals surface area contributed by atoms with Gasteiger partial charge < -0.3 is 4.98 Å². The fourth-order valence-corrected chi connectivity index (χ4v) is 1.12. The summed E-state index contributed by atoms with van der Waals surface area (Å²) in [4.78, 5) is 6.99. The third-order valence-electron chi connectivity index (χ3n) is 1.86. The van der Waals surface area contributed by atoms with E-state index in [1.165, 1.54) is 5.56 Å². The van der Waals surface area contributed by atoms with Gasteiger partial charge in [-0.15, -0.1) is 0 Å². The fourth-order valence-electron chi connectivity index (χ4n) is 1.12. The van der Waals surface area contributed by atoms with Crippen LogP contribution in [0.5, 0.6) is 0 Å². The van der Waals surface area contributed by atoms with Crippen molar-refractivity contribution in [1.29, 1.82) is 0 Å². The normalized spacial score (nSPS) is 10.4. The predicted molar refractivity (Wildman–Crippen MR) is 44.7 cm³/mol. The molecule has 2 aromatic heterocycles. The summed E-state index contributed by atoms with van der Waals surface area (Å²) in [6.45, 7) is 2.04. The van der Waals surface area contributed by atoms with Crippen LogP contribution in [0, 0.1) is 6.92 Å². The van der Waals surface area contributed by atoms with Crippen molar-refractivity contribution in [3.63, 3.8) is 0 Å². The summed E-state index contributed by atoms with van der Waals surface area (Å²) >= 11 is 0. The van der Waals surface area contributed by atoms with Crippen molar-refractivity contribution in [2.45, 2.75) is 13.3 Å². The third-order valence-corrected chi connectivity index (χ3v) is 1.86. The topological polar surface area (TPSA) is 57.4 Å². The Labute approximate surface area is 70.0 Å². The molecule has 0 aromatic carbocycles. The molecule has 2 aromatic rings. The molecule has 0 amide bonds. The summed E-state index contributed by atoms with van der Waals surface area (Å²) in [5.74, 6) is 0. The minimum atomic E-state index is 0.839. The average molecular weight is 162 g/mol. The summed E-state index contributed by atoms with van der Waals surface area (Å²) in [5, 5.41) is 6.89. The van der Waals surface area contributed by atoms with Crippen LogP contribution in [0.25, 0.3) is 0 Å². The molecule has 2 heterocycles. The first kappa shape index (κ1) is 7.09. The summed E-state index contributed by atoms with van der Waals surface area (Å²) in [6, 6.07) is 0. The van der Waals surface area contributed by atoms with E-state index in [9.17, 15) is 0 Å². The van der Waals surface area contributed by atoms with Crippen molar-refractivity contribution < 1.29 is 0 Å². The van der Waals surface area contributed by atoms with Crippen molar-refractivity contribution in [1.82, 2.24) is 20.2 Å². The van der Waals surface area contributed by atoms with Gasteiger partial charge in [0.2, 0.25) is 0 Å². The van der Waals surface area contributed by atoms with E-state index in [-0.39, 0.29) is 0 Å². The number of aromatic amines is 2. The van der Waals surface area contributed by atoms with Gasteiger partial charge >= 0.3 is 0 Å². The largest absolute Gasteiger partial charge is 0.348 e. The molecule has 12 heavy (non-hydrogen) atoms. The smallest absolute Gasteiger partial charge is 0.0921 e. The molecule has 0 unspecified atom stereocenters. The summed E-state index contributed by atoms with van der Waals surface area (Å²) in [6.07, 6.45) is 6.17. The maximum absolute atomic E-state index is 3.94. The van der Waals surface area contributed by atoms with E-state index >= 15 is 0 Å². The highest BCUT2D eigenvalue weighted by molar-refractivity contribution is 5.19. The van der Waals surface area contributed by atoms with Crippen molar-refractivity contribution in [2.75, 3.05) is 0 Å². The number of hydrogen-bond acceptors (Lipinski definition) is 2. The second kappa shape index (κ2) is 2.81. The molecule has 0 fully saturated rings. The zero-order valence-corrected chi connectivity index (χ0v) is 6.83. The van der Waals surface area contributed by atoms with Gasteiger partial charge in [0.15, 0.2) is 0 Å². The first-order valence-electron chi connectivity index (χ1n) is 3.82. The summed E-state index contributed by atoms with van der Waals surface area (Å²) < 4.78 is 0. The maximum atomic E-state index is 3.94. The van der Waals surface area contributed by atoms with Gasteiger partial charge in [0.1, 0.15) is 0 Å². The second-order valence-corrected chi connectivity index (χ2v) is 2.79. The van der Waals surface area contributed by atoms with E-state index in [1.54, 1.807) is 6.33 Å². The minimum absolute atomic E-state index is 0.839. The first-order valence-corrected chi connectivity index (χ1v) is 3.82. The van der Waals surface area contributed by atoms with E-state index < -0.39 is 0 Å². The number of rotatable bonds is 2. The lowest BCUT2D eigenvalue weighted by atomic mass is 10.2. The number of aromatic nitrogens is 4. The van der Waals surface area contributed by atoms with Gasteiger partial charge in [-0.2, -0.15) is 5.10 Å². The third kappa shape index (κ3) is 1.23. The number of nitrogens with zero attached hydrogens (tertiary/aromatic N) is 2. The molecule has 0 aliphatic heterocycles. The number of hydrogen-bond donors (Lipinski definition) is 2. The van der Waals surface area contributed by atoms with Crippen LogP contribution in [0.15, 0.2) is 18.7 Å². The Morgan fingerprint density at radius 1 is 1.42 bits per heavy atom. The van der Waals surface area contributed by atoms with Crippen LogP contribution in [0.1, 0.15) is 17.0 Å². The Balaban J connectivity index is 2.20. The van der Waals surface area contributed by atoms with Gasteiger partial charge in [-0.1, -0.05) is 0 Å². The fraction of sp³-hybridized carbons (Fsp3) is 0.250. The Hall–Kier alpha value is -1.58. The van der Waals surface area contributed by atoms with Gasteiger partial charge in [-0.3, -0.25) is 5.10 Å². The standard InChI is InChI=1S/C8H10N4/c1-6-3-11-12-8(6)2-7-4-9-5-10-7/h3-5H,2H2,1H3,(H,9,10)(H,11,12). The molecule has 0 bridgehead atoms. The van der Waals surface area contributed by atoms with E-state index in [2.05, 4.69) is 20.2 Å². The summed E-state index contributed by atoms with van der Waals surface area (Å²) in [7, 11) is 0. The molecule has 0 aliphatic rings. The van der Waals surface area contributed by atoms with Crippen LogP contribution in [0.2, 0.25) is 0 Å². The molecule has 0 spiro atoms. The molecule has 2 N–H and O–H groups in total. The average Bonchev–Trinajstić information content (AvgIpc) is 2.65. The number of nitrogens with one attached hydrogen (secondary N) is 2. The van der Waals surface area contributed by atoms with Crippen molar-refractivity contribution in [2.24, 2.45) is 0 Å². The molecule has 2 rings (SSSR count). The molecule has 0 saturated carbocycles. The van der Waals surface area contributed by atoms with Crippen LogP contribution >= 0.6 is 0 Å². The molecule has 0 radical (unpaired) electrons. The Morgan fingerprint density at radius 2 is 2.33 bits per heavy atom. The zero-order chi connectivity index (χ0) is 8.39. The van der Waals surface area contributed by atoms with Gasteiger partial charge in [-0.25, -0.2) is 4.98 Å². The highest BCUT2D eigenvalue weighted by Gasteiger charge is 2.01. The van der Waals surface area contributed by atoms with Crippen molar-refractivity contribution in [3.05, 3.63) is 35.7 Å². The first-order chi connectivity index (χ1) is 5.86. The number of imidazole rings is 1. The lowest BCUT2D eigenvalue weighted by Crippen LogP contribution is -1.90. The lowest BCUT2D eigenvalue weighted by molar-refractivity contribution is 0.971. The highest BCUT2D eigenvalue weighted by Crippen LogP contribution is 2.07. The number of H-pyrrole nitrogens is 2. The van der Waals surface area contributed by atoms with E-state index in [0.29, 0.717) is 0 Å². The highest BCUT2D eigenvalue weighted by atomic mass is 15.1. The van der Waals surface area contributed by atoms with Gasteiger partial charge in [-0.05, 0) is 12.5 Å². The molecule has 0 aliphatic carbocycles. The molecule has 4 nitrogen and oxygen atoms in total. The molecule has 62 valence electrons. The van der Waals surface area contributed by atoms with E-state index in [1.807, 2.05) is 19.3 Å². The van der Waals surface area contributed by atoms with Gasteiger partial charge in [0, 0.05) is 24.0 Å². The molecule has 0 atom stereocenters. The van der Waals surface area contributed by atoms with Gasteiger partial charge in [0.25, 0.3) is 0 Å². The number of aryl methyl sites for hydroxylation is 1. The van der Waals surface area contributed by atoms with Gasteiger partial charge in [0.05, 0.1) is 12.5 Å². The predicted octanol–water partition coefficient (Wildman–Crippen LogP) is 1.03. The van der Waals surface area contributed by atoms with Crippen LogP contribution < -0.4 is 0 Å². The zero-order valence-electron chi connectivity index (χ0n) is 6.83. The van der Waals surface area contributed by atoms with Crippen LogP contribution in [0.4, 0.5) is 0 Å². The molecular formula is C8H10N4. The van der Waals surface area contributed by atoms with E-state index in [0.717, 1.165) is 17.8 Å². The lowest BCUT2D eigenvalue weighted by Gasteiger charge is -1.94. The molecular weight excluding hydrogens is 152 g/mol. The monoisotopic (exact) mass is 162 g/mol. The second-order valence-electron chi connectivity index (χ2n) is 2.79. The van der Waals surface area contributed by atoms with E-state index in [4.69, 9.17) is 0 Å². The Kier molecular flexibility index (Phi) is 1.66. The Morgan fingerprint density at radius 3 is 2.92 bits per heavy atom. The van der Waals surface area contributed by atoms with Crippen molar-refractivity contribution >= 4 is 0 Å². The quantitative estimate of drug-likeness (QED) is 0.693. The van der Waals surface area contributed by atoms with Crippen LogP contribution in [-0.4, -0.2) is 20.2 Å².